The van der Waals surface area contributed by atoms with Crippen molar-refractivity contribution < 1.29 is 17.9 Å². The highest BCUT2D eigenvalue weighted by Gasteiger charge is 2.29. The van der Waals surface area contributed by atoms with Crippen LogP contribution in [0.25, 0.3) is 0 Å². The van der Waals surface area contributed by atoms with E-state index < -0.39 is 16.2 Å². The van der Waals surface area contributed by atoms with Crippen molar-refractivity contribution in [2.24, 2.45) is 0 Å². The Labute approximate surface area is 129 Å². The van der Waals surface area contributed by atoms with E-state index in [1.165, 1.54) is 7.11 Å². The average molecular weight is 320 g/mol. The van der Waals surface area contributed by atoms with Gasteiger partial charge in [-0.1, -0.05) is 18.2 Å². The molecule has 3 rings (SSSR count). The van der Waals surface area contributed by atoms with Gasteiger partial charge in [-0.05, 0) is 29.8 Å². The highest BCUT2D eigenvalue weighted by atomic mass is 32.2. The van der Waals surface area contributed by atoms with Crippen molar-refractivity contribution in [1.82, 2.24) is 4.72 Å². The molecule has 0 aromatic heterocycles. The zero-order valence-corrected chi connectivity index (χ0v) is 13.0. The first-order valence-electron chi connectivity index (χ1n) is 6.65. The highest BCUT2D eigenvalue weighted by molar-refractivity contribution is 7.89. The zero-order chi connectivity index (χ0) is 15.7. The number of fused-ring (bicyclic) bond motifs is 1. The van der Waals surface area contributed by atoms with Crippen molar-refractivity contribution in [3.05, 3.63) is 48.0 Å². The fourth-order valence-corrected chi connectivity index (χ4v) is 3.71. The molecule has 1 aliphatic heterocycles. The standard InChI is InChI=1S/C15H16N2O4S/c1-20-12-8-7-10(9-13(12)21-2)15-16-11-5-3-4-6-14(11)22(18,19)17-15/h3-9,15-17H,1-2H3/t15-/m0/s1. The van der Waals surface area contributed by atoms with E-state index in [0.29, 0.717) is 17.2 Å². The van der Waals surface area contributed by atoms with Gasteiger partial charge in [-0.3, -0.25) is 0 Å². The molecule has 1 aliphatic rings. The number of hydrogen-bond donors (Lipinski definition) is 2. The molecule has 2 N–H and O–H groups in total. The van der Waals surface area contributed by atoms with Gasteiger partial charge in [0.05, 0.1) is 19.9 Å². The zero-order valence-electron chi connectivity index (χ0n) is 12.2. The Bertz CT molecular complexity index is 805. The summed E-state index contributed by atoms with van der Waals surface area (Å²) in [7, 11) is -0.471. The third-order valence-electron chi connectivity index (χ3n) is 3.49. The third kappa shape index (κ3) is 2.49. The smallest absolute Gasteiger partial charge is 0.244 e. The third-order valence-corrected chi connectivity index (χ3v) is 4.97. The van der Waals surface area contributed by atoms with Crippen LogP contribution in [0.2, 0.25) is 0 Å². The van der Waals surface area contributed by atoms with E-state index >= 15 is 0 Å². The highest BCUT2D eigenvalue weighted by Crippen LogP contribution is 2.34. The largest absolute Gasteiger partial charge is 0.493 e. The number of sulfonamides is 1. The molecule has 2 aromatic carbocycles. The van der Waals surface area contributed by atoms with Crippen molar-refractivity contribution in [2.75, 3.05) is 19.5 Å². The van der Waals surface area contributed by atoms with E-state index in [1.807, 2.05) is 0 Å². The molecule has 1 atom stereocenters. The summed E-state index contributed by atoms with van der Waals surface area (Å²) in [5.41, 5.74) is 1.30. The van der Waals surface area contributed by atoms with Crippen LogP contribution in [-0.4, -0.2) is 22.6 Å². The fraction of sp³-hybridized carbons (Fsp3) is 0.200. The van der Waals surface area contributed by atoms with Gasteiger partial charge in [0.25, 0.3) is 0 Å². The number of benzene rings is 2. The number of ether oxygens (including phenoxy) is 2. The maximum Gasteiger partial charge on any atom is 0.244 e. The normalized spacial score (nSPS) is 18.9. The van der Waals surface area contributed by atoms with Gasteiger partial charge < -0.3 is 14.8 Å². The van der Waals surface area contributed by atoms with Gasteiger partial charge in [0.2, 0.25) is 10.0 Å². The van der Waals surface area contributed by atoms with Crippen LogP contribution in [0, 0.1) is 0 Å². The molecular weight excluding hydrogens is 304 g/mol. The quantitative estimate of drug-likeness (QED) is 0.906. The van der Waals surface area contributed by atoms with Crippen molar-refractivity contribution >= 4 is 15.7 Å². The molecule has 6 nitrogen and oxygen atoms in total. The molecule has 7 heteroatoms. The summed E-state index contributed by atoms with van der Waals surface area (Å²) in [4.78, 5) is 0.242. The summed E-state index contributed by atoms with van der Waals surface area (Å²) >= 11 is 0. The van der Waals surface area contributed by atoms with Crippen molar-refractivity contribution in [3.63, 3.8) is 0 Å². The molecule has 0 spiro atoms. The van der Waals surface area contributed by atoms with Crippen LogP contribution >= 0.6 is 0 Å². The molecule has 0 radical (unpaired) electrons. The molecule has 0 bridgehead atoms. The summed E-state index contributed by atoms with van der Waals surface area (Å²) in [6.45, 7) is 0. The van der Waals surface area contributed by atoms with Gasteiger partial charge in [-0.15, -0.1) is 0 Å². The van der Waals surface area contributed by atoms with E-state index in [0.717, 1.165) is 5.56 Å². The van der Waals surface area contributed by atoms with Crippen LogP contribution in [0.1, 0.15) is 11.7 Å². The lowest BCUT2D eigenvalue weighted by Gasteiger charge is -2.28. The molecule has 0 aliphatic carbocycles. The van der Waals surface area contributed by atoms with Crippen LogP contribution < -0.4 is 19.5 Å². The van der Waals surface area contributed by atoms with Crippen LogP contribution in [0.5, 0.6) is 11.5 Å². The van der Waals surface area contributed by atoms with Crippen LogP contribution in [-0.2, 0) is 10.0 Å². The Hall–Kier alpha value is -2.25. The minimum absolute atomic E-state index is 0.242. The summed E-state index contributed by atoms with van der Waals surface area (Å²) < 4.78 is 37.7. The second-order valence-corrected chi connectivity index (χ2v) is 6.49. The van der Waals surface area contributed by atoms with Gasteiger partial charge in [0.15, 0.2) is 11.5 Å². The summed E-state index contributed by atoms with van der Waals surface area (Å²) in [5, 5.41) is 3.17. The molecule has 1 heterocycles. The second kappa shape index (κ2) is 5.51. The van der Waals surface area contributed by atoms with Crippen molar-refractivity contribution in [1.29, 1.82) is 0 Å². The van der Waals surface area contributed by atoms with Gasteiger partial charge >= 0.3 is 0 Å². The topological polar surface area (TPSA) is 76.7 Å². The number of para-hydroxylation sites is 1. The first-order valence-corrected chi connectivity index (χ1v) is 8.13. The van der Waals surface area contributed by atoms with Gasteiger partial charge in [0, 0.05) is 0 Å². The van der Waals surface area contributed by atoms with E-state index in [9.17, 15) is 8.42 Å². The molecule has 0 saturated heterocycles. The molecule has 22 heavy (non-hydrogen) atoms. The number of hydrogen-bond acceptors (Lipinski definition) is 5. The lowest BCUT2D eigenvalue weighted by Crippen LogP contribution is -2.38. The Morgan fingerprint density at radius 1 is 1.00 bits per heavy atom. The fourth-order valence-electron chi connectivity index (χ4n) is 2.41. The molecule has 2 aromatic rings. The predicted octanol–water partition coefficient (Wildman–Crippen LogP) is 2.11. The van der Waals surface area contributed by atoms with E-state index in [2.05, 4.69) is 10.0 Å². The van der Waals surface area contributed by atoms with E-state index in [4.69, 9.17) is 9.47 Å². The Kier molecular flexibility index (Phi) is 3.67. The Balaban J connectivity index is 2.01. The van der Waals surface area contributed by atoms with Crippen molar-refractivity contribution in [3.8, 4) is 11.5 Å². The lowest BCUT2D eigenvalue weighted by atomic mass is 10.1. The Morgan fingerprint density at radius 2 is 1.73 bits per heavy atom. The lowest BCUT2D eigenvalue weighted by molar-refractivity contribution is 0.354. The van der Waals surface area contributed by atoms with Crippen LogP contribution in [0.3, 0.4) is 0 Å². The molecule has 0 fully saturated rings. The van der Waals surface area contributed by atoms with Crippen LogP contribution in [0.15, 0.2) is 47.4 Å². The number of anilines is 1. The number of rotatable bonds is 3. The molecule has 0 unspecified atom stereocenters. The number of methoxy groups -OCH3 is 2. The first kappa shape index (κ1) is 14.7. The summed E-state index contributed by atoms with van der Waals surface area (Å²) in [5.74, 6) is 1.13. The van der Waals surface area contributed by atoms with E-state index in [1.54, 1.807) is 49.6 Å². The Morgan fingerprint density at radius 3 is 2.45 bits per heavy atom. The molecule has 116 valence electrons. The summed E-state index contributed by atoms with van der Waals surface area (Å²) in [6, 6.07) is 12.1. The van der Waals surface area contributed by atoms with Crippen LogP contribution in [0.4, 0.5) is 5.69 Å². The molecule has 0 saturated carbocycles. The van der Waals surface area contributed by atoms with Gasteiger partial charge in [-0.25, -0.2) is 8.42 Å². The first-order chi connectivity index (χ1) is 10.5. The SMILES string of the molecule is COc1ccc([C@H]2Nc3ccccc3S(=O)(=O)N2)cc1OC. The maximum atomic E-state index is 12.3. The molecular formula is C15H16N2O4S. The number of nitrogens with one attached hydrogen (secondary N) is 2. The predicted molar refractivity (Wildman–Crippen MR) is 82.7 cm³/mol. The average Bonchev–Trinajstić information content (AvgIpc) is 2.53. The van der Waals surface area contributed by atoms with Gasteiger partial charge in [0.1, 0.15) is 11.1 Å². The summed E-state index contributed by atoms with van der Waals surface area (Å²) in [6.07, 6.45) is -0.570. The van der Waals surface area contributed by atoms with Gasteiger partial charge in [-0.2, -0.15) is 4.72 Å². The minimum atomic E-state index is -3.56. The van der Waals surface area contributed by atoms with E-state index in [-0.39, 0.29) is 4.90 Å². The maximum absolute atomic E-state index is 12.3. The second-order valence-electron chi connectivity index (χ2n) is 4.81. The van der Waals surface area contributed by atoms with Crippen molar-refractivity contribution in [2.45, 2.75) is 11.1 Å². The minimum Gasteiger partial charge on any atom is -0.493 e. The molecule has 0 amide bonds. The monoisotopic (exact) mass is 320 g/mol.